The lowest BCUT2D eigenvalue weighted by Crippen LogP contribution is -2.11. The van der Waals surface area contributed by atoms with Crippen LogP contribution in [0.1, 0.15) is 12.5 Å². The number of hydrogen-bond donors (Lipinski definition) is 1. The summed E-state index contributed by atoms with van der Waals surface area (Å²) in [6.07, 6.45) is 1.85. The molecule has 0 aliphatic carbocycles. The summed E-state index contributed by atoms with van der Waals surface area (Å²) < 4.78 is 0. The first kappa shape index (κ1) is 12.4. The monoisotopic (exact) mass is 261 g/mol. The molecule has 0 spiro atoms. The van der Waals surface area contributed by atoms with Gasteiger partial charge in [0.05, 0.1) is 0 Å². The summed E-state index contributed by atoms with van der Waals surface area (Å²) in [6.45, 7) is 1.74. The molecule has 20 heavy (non-hydrogen) atoms. The molecule has 2 nitrogen and oxygen atoms in total. The maximum absolute atomic E-state index is 11.2. The fourth-order valence-electron chi connectivity index (χ4n) is 2.42. The fraction of sp³-hybridized carbons (Fsp3) is 0.0556. The van der Waals surface area contributed by atoms with E-state index in [9.17, 15) is 4.79 Å². The Hall–Kier alpha value is -2.61. The van der Waals surface area contributed by atoms with E-state index in [1.165, 1.54) is 10.8 Å². The van der Waals surface area contributed by atoms with Gasteiger partial charge in [-0.2, -0.15) is 0 Å². The van der Waals surface area contributed by atoms with Gasteiger partial charge >= 0.3 is 0 Å². The van der Waals surface area contributed by atoms with Gasteiger partial charge in [-0.05, 0) is 52.2 Å². The lowest BCUT2D eigenvalue weighted by atomic mass is 9.98. The third-order valence-electron chi connectivity index (χ3n) is 3.54. The van der Waals surface area contributed by atoms with E-state index in [-0.39, 0.29) is 5.91 Å². The maximum atomic E-state index is 11.2. The first-order chi connectivity index (χ1) is 9.65. The zero-order valence-corrected chi connectivity index (χ0v) is 11.3. The molecule has 0 aromatic heterocycles. The van der Waals surface area contributed by atoms with Gasteiger partial charge in [-0.1, -0.05) is 42.5 Å². The molecule has 3 aromatic rings. The molecule has 0 unspecified atom stereocenters. The average Bonchev–Trinajstić information content (AvgIpc) is 2.45. The number of carbonyl (C=O) groups is 1. The van der Waals surface area contributed by atoms with Crippen LogP contribution in [0.4, 0.5) is 0 Å². The minimum Gasteiger partial charge on any atom is -0.366 e. The average molecular weight is 261 g/mol. The molecule has 0 radical (unpaired) electrons. The second kappa shape index (κ2) is 4.82. The third-order valence-corrected chi connectivity index (χ3v) is 3.54. The molecule has 0 aliphatic heterocycles. The van der Waals surface area contributed by atoms with E-state index in [0.717, 1.165) is 16.3 Å². The number of nitrogens with two attached hydrogens (primary N) is 1. The van der Waals surface area contributed by atoms with Crippen molar-refractivity contribution >= 4 is 33.5 Å². The Balaban J connectivity index is 2.31. The van der Waals surface area contributed by atoms with Crippen molar-refractivity contribution in [2.24, 2.45) is 5.73 Å². The Kier molecular flexibility index (Phi) is 2.99. The topological polar surface area (TPSA) is 43.1 Å². The molecular weight excluding hydrogens is 246 g/mol. The fourth-order valence-corrected chi connectivity index (χ4v) is 2.42. The number of amides is 1. The molecule has 0 saturated carbocycles. The summed E-state index contributed by atoms with van der Waals surface area (Å²) >= 11 is 0. The van der Waals surface area contributed by atoms with Gasteiger partial charge in [0, 0.05) is 5.57 Å². The first-order valence-corrected chi connectivity index (χ1v) is 6.55. The zero-order chi connectivity index (χ0) is 14.1. The Bertz CT molecular complexity index is 846. The lowest BCUT2D eigenvalue weighted by molar-refractivity contribution is -0.114. The summed E-state index contributed by atoms with van der Waals surface area (Å²) in [4.78, 5) is 11.2. The highest BCUT2D eigenvalue weighted by Crippen LogP contribution is 2.26. The molecule has 3 aromatic carbocycles. The van der Waals surface area contributed by atoms with Crippen LogP contribution in [0.2, 0.25) is 0 Å². The Labute approximate surface area is 117 Å². The van der Waals surface area contributed by atoms with Crippen molar-refractivity contribution < 1.29 is 4.79 Å². The van der Waals surface area contributed by atoms with Crippen molar-refractivity contribution in [3.63, 3.8) is 0 Å². The molecule has 98 valence electrons. The SMILES string of the molecule is C/C(=C\c1cccc2cc3ccccc3cc12)C(N)=O. The molecule has 0 atom stereocenters. The zero-order valence-electron chi connectivity index (χ0n) is 11.3. The number of hydrogen-bond acceptors (Lipinski definition) is 1. The van der Waals surface area contributed by atoms with Gasteiger partial charge in [-0.15, -0.1) is 0 Å². The molecule has 0 aliphatic rings. The quantitative estimate of drug-likeness (QED) is 0.552. The number of benzene rings is 3. The van der Waals surface area contributed by atoms with Crippen LogP contribution in [-0.4, -0.2) is 5.91 Å². The van der Waals surface area contributed by atoms with Gasteiger partial charge in [0.15, 0.2) is 0 Å². The summed E-state index contributed by atoms with van der Waals surface area (Å²) in [5.74, 6) is -0.386. The molecule has 2 heteroatoms. The number of primary amides is 1. The predicted molar refractivity (Wildman–Crippen MR) is 84.3 cm³/mol. The maximum Gasteiger partial charge on any atom is 0.244 e. The third kappa shape index (κ3) is 2.16. The van der Waals surface area contributed by atoms with Gasteiger partial charge in [-0.25, -0.2) is 0 Å². The molecule has 0 saturated heterocycles. The van der Waals surface area contributed by atoms with Gasteiger partial charge in [0.2, 0.25) is 5.91 Å². The van der Waals surface area contributed by atoms with Crippen molar-refractivity contribution in [2.45, 2.75) is 6.92 Å². The largest absolute Gasteiger partial charge is 0.366 e. The van der Waals surface area contributed by atoms with Crippen LogP contribution in [0.25, 0.3) is 27.6 Å². The van der Waals surface area contributed by atoms with Gasteiger partial charge in [0.1, 0.15) is 0 Å². The Morgan fingerprint density at radius 2 is 1.60 bits per heavy atom. The summed E-state index contributed by atoms with van der Waals surface area (Å²) in [6, 6.07) is 18.7. The minimum atomic E-state index is -0.386. The molecule has 1 amide bonds. The normalized spacial score (nSPS) is 11.9. The summed E-state index contributed by atoms with van der Waals surface area (Å²) in [7, 11) is 0. The van der Waals surface area contributed by atoms with Gasteiger partial charge < -0.3 is 5.73 Å². The molecular formula is C18H15NO. The van der Waals surface area contributed by atoms with E-state index in [1.807, 2.05) is 30.3 Å². The molecule has 2 N–H and O–H groups in total. The van der Waals surface area contributed by atoms with Crippen molar-refractivity contribution in [3.05, 3.63) is 65.7 Å². The lowest BCUT2D eigenvalue weighted by Gasteiger charge is -2.06. The molecule has 0 bridgehead atoms. The Morgan fingerprint density at radius 1 is 0.950 bits per heavy atom. The Morgan fingerprint density at radius 3 is 2.30 bits per heavy atom. The van der Waals surface area contributed by atoms with Crippen LogP contribution in [-0.2, 0) is 4.79 Å². The van der Waals surface area contributed by atoms with Crippen LogP contribution in [0, 0.1) is 0 Å². The van der Waals surface area contributed by atoms with E-state index in [1.54, 1.807) is 6.92 Å². The van der Waals surface area contributed by atoms with E-state index in [2.05, 4.69) is 30.3 Å². The summed E-state index contributed by atoms with van der Waals surface area (Å²) in [5.41, 5.74) is 6.89. The highest BCUT2D eigenvalue weighted by molar-refractivity contribution is 6.04. The highest BCUT2D eigenvalue weighted by atomic mass is 16.1. The van der Waals surface area contributed by atoms with Crippen molar-refractivity contribution in [2.75, 3.05) is 0 Å². The van der Waals surface area contributed by atoms with Crippen LogP contribution >= 0.6 is 0 Å². The number of carbonyl (C=O) groups excluding carboxylic acids is 1. The van der Waals surface area contributed by atoms with Crippen molar-refractivity contribution in [3.8, 4) is 0 Å². The summed E-state index contributed by atoms with van der Waals surface area (Å²) in [5, 5.41) is 4.70. The van der Waals surface area contributed by atoms with Gasteiger partial charge in [0.25, 0.3) is 0 Å². The predicted octanol–water partition coefficient (Wildman–Crippen LogP) is 3.88. The molecule has 0 heterocycles. The van der Waals surface area contributed by atoms with E-state index < -0.39 is 0 Å². The van der Waals surface area contributed by atoms with Crippen LogP contribution < -0.4 is 5.73 Å². The second-order valence-electron chi connectivity index (χ2n) is 4.96. The minimum absolute atomic E-state index is 0.386. The van der Waals surface area contributed by atoms with E-state index in [0.29, 0.717) is 5.57 Å². The number of rotatable bonds is 2. The standard InChI is InChI=1S/C18H15NO/c1-12(18(19)20)9-15-7-4-8-16-10-13-5-2-3-6-14(13)11-17(15)16/h2-11H,1H3,(H2,19,20)/b12-9+. The molecule has 3 rings (SSSR count). The van der Waals surface area contributed by atoms with E-state index in [4.69, 9.17) is 5.73 Å². The second-order valence-corrected chi connectivity index (χ2v) is 4.96. The van der Waals surface area contributed by atoms with Crippen LogP contribution in [0.15, 0.2) is 60.2 Å². The van der Waals surface area contributed by atoms with Crippen LogP contribution in [0.5, 0.6) is 0 Å². The first-order valence-electron chi connectivity index (χ1n) is 6.55. The smallest absolute Gasteiger partial charge is 0.244 e. The molecule has 0 fully saturated rings. The van der Waals surface area contributed by atoms with Crippen LogP contribution in [0.3, 0.4) is 0 Å². The van der Waals surface area contributed by atoms with Gasteiger partial charge in [-0.3, -0.25) is 4.79 Å². The van der Waals surface area contributed by atoms with E-state index >= 15 is 0 Å². The van der Waals surface area contributed by atoms with Crippen molar-refractivity contribution in [1.82, 2.24) is 0 Å². The van der Waals surface area contributed by atoms with Crippen molar-refractivity contribution in [1.29, 1.82) is 0 Å². The number of fused-ring (bicyclic) bond motifs is 2. The highest BCUT2D eigenvalue weighted by Gasteiger charge is 2.03.